The second-order valence-corrected chi connectivity index (χ2v) is 12.5. The minimum Gasteiger partial charge on any atom is -0.309 e. The molecule has 0 aliphatic rings. The first kappa shape index (κ1) is 23.0. The van der Waals surface area contributed by atoms with Crippen molar-refractivity contribution in [2.75, 3.05) is 0 Å². The molecule has 0 aliphatic carbocycles. The highest BCUT2D eigenvalue weighted by Gasteiger charge is 2.15. The number of nitrogens with zero attached hydrogens (tertiary/aromatic N) is 2. The summed E-state index contributed by atoms with van der Waals surface area (Å²) in [7, 11) is 0. The number of aromatic nitrogens is 2. The highest BCUT2D eigenvalue weighted by atomic mass is 32.1. The SMILES string of the molecule is c1cc(-c2nc3ccccc3s2)cc(-n2c3ccccc3c3cc(-c4ccc5sc6ccccc6c5c4)ccc32)c1. The van der Waals surface area contributed by atoms with Crippen LogP contribution in [0.2, 0.25) is 0 Å². The highest BCUT2D eigenvalue weighted by molar-refractivity contribution is 7.25. The van der Waals surface area contributed by atoms with E-state index in [-0.39, 0.29) is 0 Å². The molecule has 3 heterocycles. The van der Waals surface area contributed by atoms with Gasteiger partial charge in [0.05, 0.1) is 21.3 Å². The van der Waals surface area contributed by atoms with Gasteiger partial charge in [0.15, 0.2) is 0 Å². The van der Waals surface area contributed by atoms with Crippen LogP contribution in [-0.4, -0.2) is 9.55 Å². The first-order valence-electron chi connectivity index (χ1n) is 13.7. The fourth-order valence-corrected chi connectivity index (χ4v) is 8.16. The minimum absolute atomic E-state index is 1.05. The molecule has 0 bridgehead atoms. The Morgan fingerprint density at radius 3 is 2.05 bits per heavy atom. The van der Waals surface area contributed by atoms with Crippen LogP contribution >= 0.6 is 22.7 Å². The molecule has 4 heteroatoms. The van der Waals surface area contributed by atoms with Crippen LogP contribution in [0, 0.1) is 0 Å². The Bertz CT molecular complexity index is 2410. The lowest BCUT2D eigenvalue weighted by molar-refractivity contribution is 1.18. The number of benzene rings is 6. The van der Waals surface area contributed by atoms with Gasteiger partial charge in [-0.05, 0) is 71.8 Å². The molecule has 0 aliphatic heterocycles. The van der Waals surface area contributed by atoms with Crippen LogP contribution in [0.1, 0.15) is 0 Å². The van der Waals surface area contributed by atoms with Crippen LogP contribution < -0.4 is 0 Å². The molecule has 0 atom stereocenters. The van der Waals surface area contributed by atoms with E-state index < -0.39 is 0 Å². The molecule has 0 spiro atoms. The van der Waals surface area contributed by atoms with E-state index in [4.69, 9.17) is 4.98 Å². The summed E-state index contributed by atoms with van der Waals surface area (Å²) < 4.78 is 6.28. The van der Waals surface area contributed by atoms with Crippen LogP contribution in [0.5, 0.6) is 0 Å². The van der Waals surface area contributed by atoms with Gasteiger partial charge in [0, 0.05) is 42.2 Å². The van der Waals surface area contributed by atoms with Crippen molar-refractivity contribution in [3.63, 3.8) is 0 Å². The zero-order valence-corrected chi connectivity index (χ0v) is 23.5. The van der Waals surface area contributed by atoms with Crippen molar-refractivity contribution in [3.05, 3.63) is 133 Å². The molecule has 192 valence electrons. The van der Waals surface area contributed by atoms with E-state index in [9.17, 15) is 0 Å². The van der Waals surface area contributed by atoms with E-state index in [0.29, 0.717) is 0 Å². The second-order valence-electron chi connectivity index (χ2n) is 10.4. The first-order valence-corrected chi connectivity index (χ1v) is 15.3. The maximum atomic E-state index is 4.92. The topological polar surface area (TPSA) is 17.8 Å². The lowest BCUT2D eigenvalue weighted by atomic mass is 10.0. The van der Waals surface area contributed by atoms with Crippen LogP contribution in [0.4, 0.5) is 0 Å². The van der Waals surface area contributed by atoms with Gasteiger partial charge in [-0.2, -0.15) is 0 Å². The van der Waals surface area contributed by atoms with E-state index in [1.807, 2.05) is 11.3 Å². The van der Waals surface area contributed by atoms with Gasteiger partial charge in [-0.15, -0.1) is 22.7 Å². The number of hydrogen-bond donors (Lipinski definition) is 0. The van der Waals surface area contributed by atoms with Crippen LogP contribution in [0.3, 0.4) is 0 Å². The summed E-state index contributed by atoms with van der Waals surface area (Å²) in [4.78, 5) is 4.92. The second kappa shape index (κ2) is 8.87. The molecule has 6 aromatic carbocycles. The lowest BCUT2D eigenvalue weighted by Crippen LogP contribution is -1.94. The Kier molecular flexibility index (Phi) is 4.97. The molecule has 9 rings (SSSR count). The molecule has 0 saturated carbocycles. The van der Waals surface area contributed by atoms with Gasteiger partial charge >= 0.3 is 0 Å². The van der Waals surface area contributed by atoms with E-state index in [0.717, 1.165) is 21.8 Å². The third-order valence-corrected chi connectivity index (χ3v) is 10.3. The first-order chi connectivity index (χ1) is 20.3. The molecule has 0 saturated heterocycles. The van der Waals surface area contributed by atoms with Crippen molar-refractivity contribution in [2.45, 2.75) is 0 Å². The highest BCUT2D eigenvalue weighted by Crippen LogP contribution is 2.39. The van der Waals surface area contributed by atoms with Gasteiger partial charge in [0.2, 0.25) is 0 Å². The number of thiazole rings is 1. The summed E-state index contributed by atoms with van der Waals surface area (Å²) in [6.07, 6.45) is 0. The average Bonchev–Trinajstić information content (AvgIpc) is 3.72. The molecular formula is C37H22N2S2. The summed E-state index contributed by atoms with van der Waals surface area (Å²) in [5.74, 6) is 0. The fourth-order valence-electron chi connectivity index (χ4n) is 6.11. The minimum atomic E-state index is 1.05. The zero-order valence-electron chi connectivity index (χ0n) is 21.9. The van der Waals surface area contributed by atoms with E-state index in [1.54, 1.807) is 11.3 Å². The van der Waals surface area contributed by atoms with Gasteiger partial charge in [-0.3, -0.25) is 0 Å². The summed E-state index contributed by atoms with van der Waals surface area (Å²) in [6.45, 7) is 0. The molecule has 0 unspecified atom stereocenters. The van der Waals surface area contributed by atoms with Gasteiger partial charge in [-0.1, -0.05) is 72.8 Å². The fraction of sp³-hybridized carbons (Fsp3) is 0. The average molecular weight is 559 g/mol. The molecular weight excluding hydrogens is 537 g/mol. The van der Waals surface area contributed by atoms with Crippen LogP contribution in [0.15, 0.2) is 133 Å². The number of para-hydroxylation sites is 2. The predicted octanol–water partition coefficient (Wildman–Crippen LogP) is 11.1. The monoisotopic (exact) mass is 558 g/mol. The summed E-state index contributed by atoms with van der Waals surface area (Å²) in [5, 5.41) is 6.24. The maximum Gasteiger partial charge on any atom is 0.124 e. The van der Waals surface area contributed by atoms with Crippen molar-refractivity contribution in [2.24, 2.45) is 0 Å². The van der Waals surface area contributed by atoms with Crippen molar-refractivity contribution in [1.29, 1.82) is 0 Å². The van der Waals surface area contributed by atoms with E-state index >= 15 is 0 Å². The number of rotatable bonds is 3. The van der Waals surface area contributed by atoms with Gasteiger partial charge in [-0.25, -0.2) is 4.98 Å². The molecule has 0 radical (unpaired) electrons. The molecule has 0 N–H and O–H groups in total. The Hall–Kier alpha value is -4.77. The van der Waals surface area contributed by atoms with Crippen molar-refractivity contribution in [1.82, 2.24) is 9.55 Å². The Morgan fingerprint density at radius 1 is 0.439 bits per heavy atom. The van der Waals surface area contributed by atoms with Gasteiger partial charge in [0.25, 0.3) is 0 Å². The summed E-state index contributed by atoms with van der Waals surface area (Å²) >= 11 is 3.61. The van der Waals surface area contributed by atoms with Crippen molar-refractivity contribution >= 4 is 74.9 Å². The van der Waals surface area contributed by atoms with Crippen molar-refractivity contribution in [3.8, 4) is 27.4 Å². The maximum absolute atomic E-state index is 4.92. The van der Waals surface area contributed by atoms with Crippen molar-refractivity contribution < 1.29 is 0 Å². The molecule has 41 heavy (non-hydrogen) atoms. The Balaban J connectivity index is 1.22. The lowest BCUT2D eigenvalue weighted by Gasteiger charge is -2.10. The van der Waals surface area contributed by atoms with E-state index in [2.05, 4.69) is 138 Å². The normalized spacial score (nSPS) is 11.9. The molecule has 9 aromatic rings. The van der Waals surface area contributed by atoms with Crippen LogP contribution in [-0.2, 0) is 0 Å². The number of fused-ring (bicyclic) bond motifs is 7. The van der Waals surface area contributed by atoms with Gasteiger partial charge in [0.1, 0.15) is 5.01 Å². The van der Waals surface area contributed by atoms with Crippen LogP contribution in [0.25, 0.3) is 79.6 Å². The molecule has 2 nitrogen and oxygen atoms in total. The van der Waals surface area contributed by atoms with E-state index in [1.165, 1.54) is 57.8 Å². The summed E-state index contributed by atoms with van der Waals surface area (Å²) in [5.41, 5.74) is 8.24. The quantitative estimate of drug-likeness (QED) is 0.211. The predicted molar refractivity (Wildman–Crippen MR) is 178 cm³/mol. The standard InChI is InChI=1S/C37H22N2S2/c1-4-13-32-27(10-1)29-21-23(24-17-19-35-30(22-24)28-11-2-5-14-34(28)40-35)16-18-33(29)39(32)26-9-7-8-25(20-26)37-38-31-12-3-6-15-36(31)41-37/h1-22H. The third-order valence-electron chi connectivity index (χ3n) is 8.03. The number of thiophene rings is 1. The molecule has 0 fully saturated rings. The Morgan fingerprint density at radius 2 is 1.15 bits per heavy atom. The molecule has 3 aromatic heterocycles. The smallest absolute Gasteiger partial charge is 0.124 e. The summed E-state index contributed by atoms with van der Waals surface area (Å²) in [6, 6.07) is 48.4. The molecule has 0 amide bonds. The Labute approximate surface area is 244 Å². The van der Waals surface area contributed by atoms with Gasteiger partial charge < -0.3 is 4.57 Å². The zero-order chi connectivity index (χ0) is 26.9. The largest absolute Gasteiger partial charge is 0.309 e. The third kappa shape index (κ3) is 3.58. The number of hydrogen-bond acceptors (Lipinski definition) is 3.